The third-order valence-corrected chi connectivity index (χ3v) is 7.02. The van der Waals surface area contributed by atoms with Crippen LogP contribution in [0.1, 0.15) is 22.3 Å². The maximum Gasteiger partial charge on any atom is 0.0501 e. The van der Waals surface area contributed by atoms with Crippen molar-refractivity contribution in [2.75, 3.05) is 9.80 Å². The van der Waals surface area contributed by atoms with E-state index in [1.54, 1.807) is 0 Å². The van der Waals surface area contributed by atoms with Crippen molar-refractivity contribution in [3.63, 3.8) is 0 Å². The predicted molar refractivity (Wildman–Crippen MR) is 141 cm³/mol. The maximum absolute atomic E-state index is 2.43. The van der Waals surface area contributed by atoms with Gasteiger partial charge in [-0.25, -0.2) is 0 Å². The Morgan fingerprint density at radius 1 is 0.353 bits per heavy atom. The first-order valence-corrected chi connectivity index (χ1v) is 11.9. The largest absolute Gasteiger partial charge is 0.310 e. The van der Waals surface area contributed by atoms with Crippen molar-refractivity contribution in [1.29, 1.82) is 0 Å². The SMILES string of the molecule is c1ccc(N2c3ccccc3Cc3cc4c(cc32)Cc2ccccc2N4c2ccccc2)cc1. The quantitative estimate of drug-likeness (QED) is 0.268. The Morgan fingerprint density at radius 2 is 0.735 bits per heavy atom. The highest BCUT2D eigenvalue weighted by molar-refractivity contribution is 5.90. The Balaban J connectivity index is 1.46. The van der Waals surface area contributed by atoms with Crippen LogP contribution >= 0.6 is 0 Å². The van der Waals surface area contributed by atoms with E-state index in [4.69, 9.17) is 0 Å². The lowest BCUT2D eigenvalue weighted by Gasteiger charge is -2.38. The Labute approximate surface area is 200 Å². The molecule has 2 heteroatoms. The van der Waals surface area contributed by atoms with E-state index in [2.05, 4.69) is 131 Å². The minimum absolute atomic E-state index is 0.937. The van der Waals surface area contributed by atoms with Crippen LogP contribution in [0.3, 0.4) is 0 Å². The van der Waals surface area contributed by atoms with Gasteiger partial charge in [-0.1, -0.05) is 72.8 Å². The zero-order valence-corrected chi connectivity index (χ0v) is 18.9. The van der Waals surface area contributed by atoms with Crippen molar-refractivity contribution < 1.29 is 0 Å². The van der Waals surface area contributed by atoms with Crippen LogP contribution < -0.4 is 9.80 Å². The molecular weight excluding hydrogens is 412 g/mol. The minimum Gasteiger partial charge on any atom is -0.310 e. The fraction of sp³-hybridized carbons (Fsp3) is 0.0625. The molecule has 0 saturated heterocycles. The fourth-order valence-electron chi connectivity index (χ4n) is 5.50. The maximum atomic E-state index is 2.43. The molecule has 2 aliphatic heterocycles. The van der Waals surface area contributed by atoms with E-state index < -0.39 is 0 Å². The summed E-state index contributed by atoms with van der Waals surface area (Å²) in [7, 11) is 0. The van der Waals surface area contributed by atoms with Crippen molar-refractivity contribution in [1.82, 2.24) is 0 Å². The third-order valence-electron chi connectivity index (χ3n) is 7.02. The fourth-order valence-corrected chi connectivity index (χ4v) is 5.50. The van der Waals surface area contributed by atoms with Gasteiger partial charge in [-0.3, -0.25) is 0 Å². The third kappa shape index (κ3) is 2.96. The summed E-state index contributed by atoms with van der Waals surface area (Å²) in [6.07, 6.45) is 1.87. The summed E-state index contributed by atoms with van der Waals surface area (Å²) < 4.78 is 0. The van der Waals surface area contributed by atoms with E-state index in [0.717, 1.165) is 12.8 Å². The van der Waals surface area contributed by atoms with Crippen molar-refractivity contribution in [2.45, 2.75) is 12.8 Å². The number of anilines is 6. The molecule has 0 amide bonds. The first-order valence-electron chi connectivity index (χ1n) is 11.9. The second kappa shape index (κ2) is 7.64. The second-order valence-electron chi connectivity index (χ2n) is 9.06. The molecule has 0 atom stereocenters. The Kier molecular flexibility index (Phi) is 4.31. The number of rotatable bonds is 2. The summed E-state index contributed by atoms with van der Waals surface area (Å²) in [4.78, 5) is 4.86. The monoisotopic (exact) mass is 436 g/mol. The van der Waals surface area contributed by atoms with E-state index in [0.29, 0.717) is 0 Å². The van der Waals surface area contributed by atoms with Crippen LogP contribution in [0.25, 0.3) is 0 Å². The van der Waals surface area contributed by atoms with E-state index in [-0.39, 0.29) is 0 Å². The number of fused-ring (bicyclic) bond motifs is 4. The highest BCUT2D eigenvalue weighted by Gasteiger charge is 2.30. The van der Waals surface area contributed by atoms with Crippen LogP contribution in [-0.2, 0) is 12.8 Å². The van der Waals surface area contributed by atoms with Gasteiger partial charge < -0.3 is 9.80 Å². The Morgan fingerprint density at radius 3 is 1.18 bits per heavy atom. The molecule has 0 N–H and O–H groups in total. The van der Waals surface area contributed by atoms with Crippen molar-refractivity contribution in [2.24, 2.45) is 0 Å². The van der Waals surface area contributed by atoms with Crippen LogP contribution in [0.5, 0.6) is 0 Å². The highest BCUT2D eigenvalue weighted by Crippen LogP contribution is 2.50. The lowest BCUT2D eigenvalue weighted by Crippen LogP contribution is -2.22. The number of hydrogen-bond acceptors (Lipinski definition) is 2. The van der Waals surface area contributed by atoms with Gasteiger partial charge in [0, 0.05) is 35.6 Å². The van der Waals surface area contributed by atoms with E-state index >= 15 is 0 Å². The summed E-state index contributed by atoms with van der Waals surface area (Å²) in [5.41, 5.74) is 13.0. The molecule has 0 spiro atoms. The summed E-state index contributed by atoms with van der Waals surface area (Å²) in [6, 6.07) is 44.0. The van der Waals surface area contributed by atoms with Gasteiger partial charge in [0.25, 0.3) is 0 Å². The highest BCUT2D eigenvalue weighted by atomic mass is 15.2. The smallest absolute Gasteiger partial charge is 0.0501 e. The molecule has 0 unspecified atom stereocenters. The van der Waals surface area contributed by atoms with Gasteiger partial charge in [-0.2, -0.15) is 0 Å². The van der Waals surface area contributed by atoms with Crippen LogP contribution in [0, 0.1) is 0 Å². The zero-order chi connectivity index (χ0) is 22.5. The summed E-state index contributed by atoms with van der Waals surface area (Å²) >= 11 is 0. The van der Waals surface area contributed by atoms with Crippen molar-refractivity contribution in [3.8, 4) is 0 Å². The van der Waals surface area contributed by atoms with Crippen LogP contribution in [0.2, 0.25) is 0 Å². The molecule has 162 valence electrons. The van der Waals surface area contributed by atoms with Gasteiger partial charge in [-0.15, -0.1) is 0 Å². The molecule has 0 fully saturated rings. The average Bonchev–Trinajstić information content (AvgIpc) is 2.90. The second-order valence-corrected chi connectivity index (χ2v) is 9.06. The number of para-hydroxylation sites is 4. The molecule has 7 rings (SSSR count). The van der Waals surface area contributed by atoms with Crippen molar-refractivity contribution in [3.05, 3.63) is 144 Å². The Bertz CT molecular complexity index is 1390. The van der Waals surface area contributed by atoms with Crippen molar-refractivity contribution >= 4 is 34.1 Å². The average molecular weight is 437 g/mol. The summed E-state index contributed by atoms with van der Waals surface area (Å²) in [6.45, 7) is 0. The number of hydrogen-bond donors (Lipinski definition) is 0. The zero-order valence-electron chi connectivity index (χ0n) is 18.9. The molecule has 0 aromatic heterocycles. The van der Waals surface area contributed by atoms with Gasteiger partial charge in [0.15, 0.2) is 0 Å². The molecule has 0 bridgehead atoms. The topological polar surface area (TPSA) is 6.48 Å². The Hall–Kier alpha value is -4.30. The first kappa shape index (κ1) is 19.2. The van der Waals surface area contributed by atoms with Gasteiger partial charge in [0.1, 0.15) is 0 Å². The predicted octanol–water partition coefficient (Wildman–Crippen LogP) is 8.43. The minimum atomic E-state index is 0.937. The van der Waals surface area contributed by atoms with Crippen LogP contribution in [0.15, 0.2) is 121 Å². The van der Waals surface area contributed by atoms with Crippen LogP contribution in [-0.4, -0.2) is 0 Å². The molecule has 2 aliphatic rings. The lowest BCUT2D eigenvalue weighted by molar-refractivity contribution is 1.04. The van der Waals surface area contributed by atoms with Gasteiger partial charge in [0.05, 0.1) is 11.4 Å². The normalized spacial score (nSPS) is 13.5. The molecular formula is C32H24N2. The lowest BCUT2D eigenvalue weighted by atomic mass is 9.88. The van der Waals surface area contributed by atoms with Crippen LogP contribution in [0.4, 0.5) is 34.1 Å². The molecule has 0 aliphatic carbocycles. The molecule has 34 heavy (non-hydrogen) atoms. The number of nitrogens with zero attached hydrogens (tertiary/aromatic N) is 2. The molecule has 5 aromatic rings. The standard InChI is InChI=1S/C32H24N2/c1-3-13-27(14-4-1)33-29-17-9-7-11-23(29)19-25-22-32-26(21-31(25)33)20-24-12-8-10-18-30(24)34(32)28-15-5-2-6-16-28/h1-18,21-22H,19-20H2. The molecule has 2 heterocycles. The molecule has 5 aromatic carbocycles. The summed E-state index contributed by atoms with van der Waals surface area (Å²) in [5, 5.41) is 0. The molecule has 0 radical (unpaired) electrons. The molecule has 0 saturated carbocycles. The van der Waals surface area contributed by atoms with Gasteiger partial charge >= 0.3 is 0 Å². The first-order chi connectivity index (χ1) is 16.9. The summed E-state index contributed by atoms with van der Waals surface area (Å²) in [5.74, 6) is 0. The van der Waals surface area contributed by atoms with Gasteiger partial charge in [0.2, 0.25) is 0 Å². The van der Waals surface area contributed by atoms with E-state index in [1.165, 1.54) is 56.4 Å². The van der Waals surface area contributed by atoms with E-state index in [9.17, 15) is 0 Å². The van der Waals surface area contributed by atoms with Gasteiger partial charge in [-0.05, 0) is 70.8 Å². The van der Waals surface area contributed by atoms with E-state index in [1.807, 2.05) is 0 Å². The molecule has 2 nitrogen and oxygen atoms in total. The number of benzene rings is 5.